The summed E-state index contributed by atoms with van der Waals surface area (Å²) in [6.07, 6.45) is 2.33. The van der Waals surface area contributed by atoms with Crippen LogP contribution in [0.15, 0.2) is 60.8 Å². The summed E-state index contributed by atoms with van der Waals surface area (Å²) in [5.41, 5.74) is 1.27. The molecule has 1 aliphatic heterocycles. The number of rotatable bonds is 5. The number of carboxylic acid groups (broad SMARTS) is 1. The lowest BCUT2D eigenvalue weighted by Gasteiger charge is -2.33. The molecule has 0 radical (unpaired) electrons. The summed E-state index contributed by atoms with van der Waals surface area (Å²) >= 11 is 0. The van der Waals surface area contributed by atoms with E-state index in [1.807, 2.05) is 65.4 Å². The molecule has 0 spiro atoms. The average Bonchev–Trinajstić information content (AvgIpc) is 3.08. The number of aromatic nitrogens is 1. The third-order valence-corrected chi connectivity index (χ3v) is 5.34. The number of fused-ring (bicyclic) bond motifs is 1. The fourth-order valence-electron chi connectivity index (χ4n) is 3.74. The summed E-state index contributed by atoms with van der Waals surface area (Å²) in [4.78, 5) is 25.0. The molecule has 0 unspecified atom stereocenters. The number of nitrogens with one attached hydrogen (secondary N) is 1. The number of carbonyl (C=O) groups is 2. The van der Waals surface area contributed by atoms with Crippen molar-refractivity contribution in [2.24, 2.45) is 0 Å². The highest BCUT2D eigenvalue weighted by atomic mass is 16.5. The van der Waals surface area contributed by atoms with Crippen molar-refractivity contribution in [2.75, 3.05) is 13.2 Å². The van der Waals surface area contributed by atoms with Gasteiger partial charge in [-0.05, 0) is 11.6 Å². The van der Waals surface area contributed by atoms with Gasteiger partial charge in [-0.2, -0.15) is 0 Å². The molecule has 1 saturated heterocycles. The van der Waals surface area contributed by atoms with E-state index in [-0.39, 0.29) is 18.7 Å². The topological polar surface area (TPSA) is 80.6 Å². The lowest BCUT2D eigenvalue weighted by atomic mass is 9.89. The fraction of sp³-hybridized carbons (Fsp3) is 0.273. The van der Waals surface area contributed by atoms with E-state index in [2.05, 4.69) is 5.32 Å². The van der Waals surface area contributed by atoms with Crippen LogP contribution in [0.1, 0.15) is 28.8 Å². The van der Waals surface area contributed by atoms with Crippen molar-refractivity contribution in [1.29, 1.82) is 0 Å². The summed E-state index contributed by atoms with van der Waals surface area (Å²) in [7, 11) is 0. The molecule has 2 heterocycles. The van der Waals surface area contributed by atoms with Crippen molar-refractivity contribution in [2.45, 2.75) is 24.9 Å². The lowest BCUT2D eigenvalue weighted by molar-refractivity contribution is -0.148. The minimum absolute atomic E-state index is 0.261. The van der Waals surface area contributed by atoms with Gasteiger partial charge in [0.25, 0.3) is 5.91 Å². The van der Waals surface area contributed by atoms with Gasteiger partial charge in [-0.15, -0.1) is 0 Å². The standard InChI is InChI=1S/C22H22N2O4/c25-20(23-22(21(26)27)10-12-28-13-11-22)18-15-24(14-16-6-2-1-3-7-16)19-9-5-4-8-17(18)19/h1-9,15H,10-14H2,(H,23,25)(H,26,27). The first-order chi connectivity index (χ1) is 13.6. The number of carboxylic acids is 1. The van der Waals surface area contributed by atoms with Crippen molar-refractivity contribution >= 4 is 22.8 Å². The summed E-state index contributed by atoms with van der Waals surface area (Å²) in [6.45, 7) is 1.28. The SMILES string of the molecule is O=C(NC1(C(=O)O)CCOCC1)c1cn(Cc2ccccc2)c2ccccc12. The molecule has 0 bridgehead atoms. The molecule has 1 aliphatic rings. The number of nitrogens with zero attached hydrogens (tertiary/aromatic N) is 1. The number of para-hydroxylation sites is 1. The normalized spacial score (nSPS) is 16.0. The van der Waals surface area contributed by atoms with Crippen LogP contribution >= 0.6 is 0 Å². The Labute approximate surface area is 162 Å². The largest absolute Gasteiger partial charge is 0.480 e. The predicted octanol–water partition coefficient (Wildman–Crippen LogP) is 3.05. The average molecular weight is 378 g/mol. The van der Waals surface area contributed by atoms with Crippen molar-refractivity contribution in [3.63, 3.8) is 0 Å². The smallest absolute Gasteiger partial charge is 0.329 e. The Morgan fingerprint density at radius 2 is 1.71 bits per heavy atom. The lowest BCUT2D eigenvalue weighted by Crippen LogP contribution is -2.57. The highest BCUT2D eigenvalue weighted by molar-refractivity contribution is 6.08. The van der Waals surface area contributed by atoms with Gasteiger partial charge in [-0.25, -0.2) is 4.79 Å². The van der Waals surface area contributed by atoms with Crippen LogP contribution in [-0.2, 0) is 16.1 Å². The van der Waals surface area contributed by atoms with E-state index in [0.29, 0.717) is 25.3 Å². The van der Waals surface area contributed by atoms with Gasteiger partial charge in [-0.3, -0.25) is 4.79 Å². The molecule has 0 aliphatic carbocycles. The number of ether oxygens (including phenoxy) is 1. The fourth-order valence-corrected chi connectivity index (χ4v) is 3.74. The van der Waals surface area contributed by atoms with Crippen LogP contribution < -0.4 is 5.32 Å². The Balaban J connectivity index is 1.68. The summed E-state index contributed by atoms with van der Waals surface area (Å²) in [5, 5.41) is 13.3. The molecule has 0 atom stereocenters. The molecule has 6 nitrogen and oxygen atoms in total. The molecular weight excluding hydrogens is 356 g/mol. The van der Waals surface area contributed by atoms with Crippen LogP contribution in [0.5, 0.6) is 0 Å². The molecule has 2 aromatic carbocycles. The van der Waals surface area contributed by atoms with Gasteiger partial charge in [-0.1, -0.05) is 48.5 Å². The number of amides is 1. The zero-order valence-electron chi connectivity index (χ0n) is 15.4. The van der Waals surface area contributed by atoms with Gasteiger partial charge in [0, 0.05) is 49.7 Å². The third kappa shape index (κ3) is 3.39. The maximum absolute atomic E-state index is 13.1. The van der Waals surface area contributed by atoms with Crippen LogP contribution in [0, 0.1) is 0 Å². The van der Waals surface area contributed by atoms with Gasteiger partial charge in [0.05, 0.1) is 5.56 Å². The molecule has 144 valence electrons. The minimum atomic E-state index is -1.28. The molecule has 1 amide bonds. The Hall–Kier alpha value is -3.12. The highest BCUT2D eigenvalue weighted by Crippen LogP contribution is 2.26. The van der Waals surface area contributed by atoms with Crippen LogP contribution in [0.25, 0.3) is 10.9 Å². The van der Waals surface area contributed by atoms with Gasteiger partial charge >= 0.3 is 5.97 Å². The Kier molecular flexibility index (Phi) is 4.88. The van der Waals surface area contributed by atoms with E-state index in [1.165, 1.54) is 0 Å². The van der Waals surface area contributed by atoms with E-state index >= 15 is 0 Å². The van der Waals surface area contributed by atoms with Crippen molar-refractivity contribution in [3.05, 3.63) is 71.9 Å². The number of benzene rings is 2. The first-order valence-electron chi connectivity index (χ1n) is 9.34. The van der Waals surface area contributed by atoms with E-state index < -0.39 is 11.5 Å². The maximum atomic E-state index is 13.1. The zero-order valence-corrected chi connectivity index (χ0v) is 15.4. The van der Waals surface area contributed by atoms with Crippen LogP contribution in [0.4, 0.5) is 0 Å². The molecule has 2 N–H and O–H groups in total. The van der Waals surface area contributed by atoms with Crippen LogP contribution in [0.3, 0.4) is 0 Å². The number of aliphatic carboxylic acids is 1. The second kappa shape index (κ2) is 7.48. The van der Waals surface area contributed by atoms with Gasteiger partial charge in [0.15, 0.2) is 0 Å². The first kappa shape index (κ1) is 18.3. The molecule has 3 aromatic rings. The third-order valence-electron chi connectivity index (χ3n) is 5.34. The molecule has 6 heteroatoms. The quantitative estimate of drug-likeness (QED) is 0.715. The second-order valence-corrected chi connectivity index (χ2v) is 7.13. The Bertz CT molecular complexity index is 1000. The Morgan fingerprint density at radius 1 is 1.04 bits per heavy atom. The first-order valence-corrected chi connectivity index (χ1v) is 9.34. The molecular formula is C22H22N2O4. The molecule has 0 saturated carbocycles. The monoisotopic (exact) mass is 378 g/mol. The Morgan fingerprint density at radius 3 is 2.43 bits per heavy atom. The van der Waals surface area contributed by atoms with Crippen molar-refractivity contribution < 1.29 is 19.4 Å². The summed E-state index contributed by atoms with van der Waals surface area (Å²) in [5.74, 6) is -1.38. The van der Waals surface area contributed by atoms with Gasteiger partial charge < -0.3 is 19.7 Å². The van der Waals surface area contributed by atoms with Crippen LogP contribution in [-0.4, -0.2) is 40.3 Å². The van der Waals surface area contributed by atoms with Crippen molar-refractivity contribution in [1.82, 2.24) is 9.88 Å². The summed E-state index contributed by atoms with van der Waals surface area (Å²) < 4.78 is 7.31. The van der Waals surface area contributed by atoms with Gasteiger partial charge in [0.1, 0.15) is 5.54 Å². The van der Waals surface area contributed by atoms with Crippen LogP contribution in [0.2, 0.25) is 0 Å². The predicted molar refractivity (Wildman–Crippen MR) is 105 cm³/mol. The highest BCUT2D eigenvalue weighted by Gasteiger charge is 2.42. The minimum Gasteiger partial charge on any atom is -0.480 e. The molecule has 1 aromatic heterocycles. The van der Waals surface area contributed by atoms with E-state index in [1.54, 1.807) is 0 Å². The van der Waals surface area contributed by atoms with E-state index in [9.17, 15) is 14.7 Å². The second-order valence-electron chi connectivity index (χ2n) is 7.13. The number of hydrogen-bond acceptors (Lipinski definition) is 3. The molecule has 4 rings (SSSR count). The number of hydrogen-bond donors (Lipinski definition) is 2. The van der Waals surface area contributed by atoms with E-state index in [4.69, 9.17) is 4.74 Å². The van der Waals surface area contributed by atoms with Gasteiger partial charge in [0.2, 0.25) is 0 Å². The summed E-state index contributed by atoms with van der Waals surface area (Å²) in [6, 6.07) is 17.7. The molecule has 1 fully saturated rings. The number of carbonyl (C=O) groups excluding carboxylic acids is 1. The van der Waals surface area contributed by atoms with E-state index in [0.717, 1.165) is 16.5 Å². The van der Waals surface area contributed by atoms with Crippen molar-refractivity contribution in [3.8, 4) is 0 Å². The maximum Gasteiger partial charge on any atom is 0.329 e. The molecule has 28 heavy (non-hydrogen) atoms. The zero-order chi connectivity index (χ0) is 19.6.